The lowest BCUT2D eigenvalue weighted by Gasteiger charge is -2.36. The predicted molar refractivity (Wildman–Crippen MR) is 106 cm³/mol. The second kappa shape index (κ2) is 7.37. The van der Waals surface area contributed by atoms with E-state index in [9.17, 15) is 4.79 Å². The van der Waals surface area contributed by atoms with Gasteiger partial charge >= 0.3 is 6.03 Å². The van der Waals surface area contributed by atoms with Crippen molar-refractivity contribution in [2.24, 2.45) is 0 Å². The zero-order chi connectivity index (χ0) is 17.9. The highest BCUT2D eigenvalue weighted by Gasteiger charge is 2.22. The molecule has 6 nitrogen and oxygen atoms in total. The first kappa shape index (κ1) is 16.9. The molecule has 1 aliphatic heterocycles. The Kier molecular flexibility index (Phi) is 4.79. The van der Waals surface area contributed by atoms with Crippen LogP contribution in [0.5, 0.6) is 0 Å². The third-order valence-corrected chi connectivity index (χ3v) is 5.84. The van der Waals surface area contributed by atoms with Crippen molar-refractivity contribution in [2.45, 2.75) is 19.9 Å². The number of aromatic amines is 1. The maximum absolute atomic E-state index is 12.4. The molecule has 136 valence electrons. The van der Waals surface area contributed by atoms with Gasteiger partial charge in [-0.1, -0.05) is 13.0 Å². The van der Waals surface area contributed by atoms with Crippen molar-refractivity contribution >= 4 is 34.0 Å². The summed E-state index contributed by atoms with van der Waals surface area (Å²) in [5.74, 6) is 0. The first-order valence-corrected chi connectivity index (χ1v) is 9.89. The zero-order valence-corrected chi connectivity index (χ0v) is 15.7. The fourth-order valence-corrected chi connectivity index (χ4v) is 4.11. The molecule has 0 atom stereocenters. The fourth-order valence-electron chi connectivity index (χ4n) is 3.37. The maximum Gasteiger partial charge on any atom is 0.317 e. The second-order valence-electron chi connectivity index (χ2n) is 6.43. The van der Waals surface area contributed by atoms with Crippen LogP contribution < -0.4 is 10.2 Å². The molecular weight excluding hydrogens is 346 g/mol. The van der Waals surface area contributed by atoms with Crippen molar-refractivity contribution in [3.63, 3.8) is 0 Å². The summed E-state index contributed by atoms with van der Waals surface area (Å²) >= 11 is 1.65. The van der Waals surface area contributed by atoms with Gasteiger partial charge in [0.2, 0.25) is 0 Å². The Bertz CT molecular complexity index is 894. The van der Waals surface area contributed by atoms with Crippen LogP contribution in [0.1, 0.15) is 17.6 Å². The molecule has 7 heteroatoms. The Morgan fingerprint density at radius 1 is 1.27 bits per heavy atom. The van der Waals surface area contributed by atoms with E-state index in [0.29, 0.717) is 6.54 Å². The predicted octanol–water partition coefficient (Wildman–Crippen LogP) is 3.22. The van der Waals surface area contributed by atoms with E-state index in [1.807, 2.05) is 16.5 Å². The molecule has 1 saturated heterocycles. The van der Waals surface area contributed by atoms with E-state index in [0.717, 1.165) is 48.8 Å². The van der Waals surface area contributed by atoms with Crippen molar-refractivity contribution in [3.05, 3.63) is 46.5 Å². The van der Waals surface area contributed by atoms with E-state index >= 15 is 0 Å². The number of carbonyl (C=O) groups is 1. The molecule has 0 radical (unpaired) electrons. The number of nitrogens with one attached hydrogen (secondary N) is 2. The quantitative estimate of drug-likeness (QED) is 0.742. The highest BCUT2D eigenvalue weighted by molar-refractivity contribution is 7.09. The van der Waals surface area contributed by atoms with Gasteiger partial charge in [0.05, 0.1) is 17.2 Å². The smallest absolute Gasteiger partial charge is 0.317 e. The fraction of sp³-hybridized carbons (Fsp3) is 0.368. The summed E-state index contributed by atoms with van der Waals surface area (Å²) < 4.78 is 0. The monoisotopic (exact) mass is 369 g/mol. The lowest BCUT2D eigenvalue weighted by molar-refractivity contribution is 0.194. The molecule has 3 aromatic rings. The maximum atomic E-state index is 12.4. The Morgan fingerprint density at radius 3 is 2.88 bits per heavy atom. The Morgan fingerprint density at radius 2 is 2.12 bits per heavy atom. The van der Waals surface area contributed by atoms with Crippen LogP contribution in [-0.2, 0) is 13.0 Å². The summed E-state index contributed by atoms with van der Waals surface area (Å²) in [7, 11) is 0. The number of hydrogen-bond acceptors (Lipinski definition) is 4. The van der Waals surface area contributed by atoms with Crippen molar-refractivity contribution in [2.75, 3.05) is 31.1 Å². The lowest BCUT2D eigenvalue weighted by atomic mass is 10.2. The first-order valence-electron chi connectivity index (χ1n) is 9.01. The average molecular weight is 369 g/mol. The van der Waals surface area contributed by atoms with Crippen molar-refractivity contribution in [1.82, 2.24) is 20.2 Å². The molecule has 4 rings (SSSR count). The number of hydrogen-bond donors (Lipinski definition) is 2. The molecule has 2 amide bonds. The van der Waals surface area contributed by atoms with Gasteiger partial charge in [-0.15, -0.1) is 11.3 Å². The van der Waals surface area contributed by atoms with Crippen LogP contribution in [0, 0.1) is 0 Å². The number of urea groups is 1. The minimum atomic E-state index is -0.00412. The topological polar surface area (TPSA) is 64.3 Å². The SMILES string of the molecule is CCc1nc(CNC(=O)N2CCN(c3cccc4[nH]ccc34)CC2)cs1. The van der Waals surface area contributed by atoms with E-state index < -0.39 is 0 Å². The molecule has 1 fully saturated rings. The van der Waals surface area contributed by atoms with Crippen LogP contribution in [0.3, 0.4) is 0 Å². The van der Waals surface area contributed by atoms with Gasteiger partial charge in [-0.05, 0) is 24.6 Å². The first-order chi connectivity index (χ1) is 12.7. The summed E-state index contributed by atoms with van der Waals surface area (Å²) in [4.78, 5) is 24.4. The van der Waals surface area contributed by atoms with Crippen molar-refractivity contribution in [3.8, 4) is 0 Å². The van der Waals surface area contributed by atoms with Crippen LogP contribution in [0.4, 0.5) is 10.5 Å². The number of aromatic nitrogens is 2. The molecule has 3 heterocycles. The van der Waals surface area contributed by atoms with E-state index in [-0.39, 0.29) is 6.03 Å². The van der Waals surface area contributed by atoms with Gasteiger partial charge in [0, 0.05) is 54.3 Å². The molecular formula is C19H23N5OS. The summed E-state index contributed by atoms with van der Waals surface area (Å²) in [5, 5.41) is 7.37. The number of rotatable bonds is 4. The Labute approximate surface area is 156 Å². The van der Waals surface area contributed by atoms with Crippen LogP contribution in [0.15, 0.2) is 35.8 Å². The molecule has 2 aromatic heterocycles. The molecule has 0 bridgehead atoms. The molecule has 26 heavy (non-hydrogen) atoms. The number of fused-ring (bicyclic) bond motifs is 1. The van der Waals surface area contributed by atoms with Gasteiger partial charge in [0.15, 0.2) is 0 Å². The van der Waals surface area contributed by atoms with Gasteiger partial charge in [-0.3, -0.25) is 0 Å². The number of thiazole rings is 1. The van der Waals surface area contributed by atoms with Crippen molar-refractivity contribution < 1.29 is 4.79 Å². The average Bonchev–Trinajstić information content (AvgIpc) is 3.35. The summed E-state index contributed by atoms with van der Waals surface area (Å²) in [6, 6.07) is 8.42. The minimum absolute atomic E-state index is 0.00412. The highest BCUT2D eigenvalue weighted by Crippen LogP contribution is 2.26. The number of carbonyl (C=O) groups excluding carboxylic acids is 1. The summed E-state index contributed by atoms with van der Waals surface area (Å²) in [6.45, 7) is 5.73. The number of aryl methyl sites for hydroxylation is 1. The second-order valence-corrected chi connectivity index (χ2v) is 7.38. The van der Waals surface area contributed by atoms with Gasteiger partial charge in [-0.25, -0.2) is 9.78 Å². The standard InChI is InChI=1S/C19H23N5OS/c1-2-18-22-14(13-26-18)12-21-19(25)24-10-8-23(9-11-24)17-5-3-4-16-15(17)6-7-20-16/h3-7,13,20H,2,8-12H2,1H3,(H,21,25). The van der Waals surface area contributed by atoms with Crippen LogP contribution >= 0.6 is 11.3 Å². The number of amides is 2. The molecule has 1 aliphatic rings. The molecule has 0 aliphatic carbocycles. The normalized spacial score (nSPS) is 14.8. The van der Waals surface area contributed by atoms with Crippen molar-refractivity contribution in [1.29, 1.82) is 0 Å². The molecule has 0 spiro atoms. The van der Waals surface area contributed by atoms with Crippen LogP contribution in [0.2, 0.25) is 0 Å². The highest BCUT2D eigenvalue weighted by atomic mass is 32.1. The largest absolute Gasteiger partial charge is 0.367 e. The lowest BCUT2D eigenvalue weighted by Crippen LogP contribution is -2.51. The Hall–Kier alpha value is -2.54. The minimum Gasteiger partial charge on any atom is -0.367 e. The number of piperazine rings is 1. The zero-order valence-electron chi connectivity index (χ0n) is 14.9. The van der Waals surface area contributed by atoms with Gasteiger partial charge in [0.25, 0.3) is 0 Å². The van der Waals surface area contributed by atoms with Gasteiger partial charge in [0.1, 0.15) is 0 Å². The summed E-state index contributed by atoms with van der Waals surface area (Å²) in [5.41, 5.74) is 3.33. The number of benzene rings is 1. The summed E-state index contributed by atoms with van der Waals surface area (Å²) in [6.07, 6.45) is 2.91. The van der Waals surface area contributed by atoms with E-state index in [1.165, 1.54) is 11.1 Å². The molecule has 0 saturated carbocycles. The number of anilines is 1. The van der Waals surface area contributed by atoms with Crippen LogP contribution in [-0.4, -0.2) is 47.1 Å². The van der Waals surface area contributed by atoms with E-state index in [2.05, 4.69) is 51.4 Å². The molecule has 0 unspecified atom stereocenters. The Balaban J connectivity index is 1.33. The van der Waals surface area contributed by atoms with Gasteiger partial charge < -0.3 is 20.1 Å². The van der Waals surface area contributed by atoms with Gasteiger partial charge in [-0.2, -0.15) is 0 Å². The third-order valence-electron chi connectivity index (χ3n) is 4.80. The van der Waals surface area contributed by atoms with E-state index in [4.69, 9.17) is 0 Å². The molecule has 2 N–H and O–H groups in total. The molecule has 1 aromatic carbocycles. The van der Waals surface area contributed by atoms with Crippen LogP contribution in [0.25, 0.3) is 10.9 Å². The van der Waals surface area contributed by atoms with E-state index in [1.54, 1.807) is 11.3 Å². The number of H-pyrrole nitrogens is 1. The number of nitrogens with zero attached hydrogens (tertiary/aromatic N) is 3. The third kappa shape index (κ3) is 3.39.